The van der Waals surface area contributed by atoms with Crippen molar-refractivity contribution in [3.63, 3.8) is 0 Å². The first-order valence-corrected chi connectivity index (χ1v) is 9.88. The maximum atomic E-state index is 13.3. The second kappa shape index (κ2) is 7.47. The molecule has 0 aliphatic carbocycles. The molecule has 0 bridgehead atoms. The fourth-order valence-corrected chi connectivity index (χ4v) is 5.01. The summed E-state index contributed by atoms with van der Waals surface area (Å²) in [6, 6.07) is 7.84. The highest BCUT2D eigenvalue weighted by Gasteiger charge is 2.53. The monoisotopic (exact) mass is 418 g/mol. The van der Waals surface area contributed by atoms with Crippen LogP contribution in [0.15, 0.2) is 36.4 Å². The standard InChI is InChI=1S/C20H19FN2O5S/c1-26-15-8-11(9-16(27-2)17(15)28-3)19-23-14(10-29-19)18(24)22(20(23)25)13-6-4-12(21)5-7-13/h4-9,14,19H,10H2,1-3H3/t14-,19+/m1/s1. The molecular weight excluding hydrogens is 399 g/mol. The number of rotatable bonds is 5. The van der Waals surface area contributed by atoms with Gasteiger partial charge in [0.05, 0.1) is 27.0 Å². The van der Waals surface area contributed by atoms with Crippen LogP contribution in [0, 0.1) is 5.82 Å². The van der Waals surface area contributed by atoms with E-state index in [1.807, 2.05) is 0 Å². The van der Waals surface area contributed by atoms with Gasteiger partial charge in [-0.15, -0.1) is 11.8 Å². The van der Waals surface area contributed by atoms with Crippen LogP contribution in [0.5, 0.6) is 17.2 Å². The van der Waals surface area contributed by atoms with Crippen LogP contribution < -0.4 is 19.1 Å². The number of anilines is 1. The lowest BCUT2D eigenvalue weighted by Gasteiger charge is -2.24. The lowest BCUT2D eigenvalue weighted by atomic mass is 10.1. The molecule has 0 saturated carbocycles. The first-order chi connectivity index (χ1) is 14.0. The number of ether oxygens (including phenoxy) is 3. The number of thioether (sulfide) groups is 1. The van der Waals surface area contributed by atoms with Gasteiger partial charge >= 0.3 is 6.03 Å². The second-order valence-electron chi connectivity index (χ2n) is 6.50. The van der Waals surface area contributed by atoms with E-state index in [1.54, 1.807) is 17.0 Å². The highest BCUT2D eigenvalue weighted by molar-refractivity contribution is 7.99. The maximum absolute atomic E-state index is 13.3. The van der Waals surface area contributed by atoms with Gasteiger partial charge in [0.25, 0.3) is 5.91 Å². The fraction of sp³-hybridized carbons (Fsp3) is 0.300. The van der Waals surface area contributed by atoms with Gasteiger partial charge in [-0.1, -0.05) is 0 Å². The molecule has 2 fully saturated rings. The Kier molecular flexibility index (Phi) is 4.99. The predicted molar refractivity (Wildman–Crippen MR) is 106 cm³/mol. The molecule has 152 valence electrons. The zero-order chi connectivity index (χ0) is 20.7. The predicted octanol–water partition coefficient (Wildman–Crippen LogP) is 3.43. The van der Waals surface area contributed by atoms with Crippen molar-refractivity contribution in [1.82, 2.24) is 4.90 Å². The largest absolute Gasteiger partial charge is 0.493 e. The Labute approximate surface area is 171 Å². The molecule has 2 heterocycles. The number of nitrogens with zero attached hydrogens (tertiary/aromatic N) is 2. The molecule has 0 spiro atoms. The smallest absolute Gasteiger partial charge is 0.333 e. The molecule has 9 heteroatoms. The van der Waals surface area contributed by atoms with Crippen molar-refractivity contribution in [2.75, 3.05) is 32.0 Å². The fourth-order valence-electron chi connectivity index (χ4n) is 3.62. The van der Waals surface area contributed by atoms with Crippen LogP contribution in [-0.4, -0.2) is 50.0 Å². The summed E-state index contributed by atoms with van der Waals surface area (Å²) in [5.41, 5.74) is 1.11. The molecule has 3 amide bonds. The molecule has 0 N–H and O–H groups in total. The quantitative estimate of drug-likeness (QED) is 0.693. The SMILES string of the molecule is COc1cc([C@@H]2SC[C@@H]3C(=O)N(c4ccc(F)cc4)C(=O)N32)cc(OC)c1OC. The van der Waals surface area contributed by atoms with E-state index in [9.17, 15) is 14.0 Å². The number of urea groups is 1. The summed E-state index contributed by atoms with van der Waals surface area (Å²) in [7, 11) is 4.56. The van der Waals surface area contributed by atoms with Crippen LogP contribution in [0.25, 0.3) is 0 Å². The average molecular weight is 418 g/mol. The van der Waals surface area contributed by atoms with E-state index in [-0.39, 0.29) is 5.91 Å². The molecule has 2 aromatic rings. The van der Waals surface area contributed by atoms with Gasteiger partial charge in [0, 0.05) is 5.75 Å². The zero-order valence-corrected chi connectivity index (χ0v) is 16.9. The summed E-state index contributed by atoms with van der Waals surface area (Å²) in [4.78, 5) is 28.7. The van der Waals surface area contributed by atoms with Crippen molar-refractivity contribution in [3.05, 3.63) is 47.8 Å². The van der Waals surface area contributed by atoms with E-state index in [0.717, 1.165) is 10.5 Å². The number of fused-ring (bicyclic) bond motifs is 1. The van der Waals surface area contributed by atoms with Crippen LogP contribution in [0.4, 0.5) is 14.9 Å². The summed E-state index contributed by atoms with van der Waals surface area (Å²) in [6.45, 7) is 0. The molecule has 2 aliphatic heterocycles. The van der Waals surface area contributed by atoms with Gasteiger partial charge in [-0.2, -0.15) is 0 Å². The summed E-state index contributed by atoms with van der Waals surface area (Å²) < 4.78 is 29.4. The third kappa shape index (κ3) is 3.05. The number of imide groups is 1. The maximum Gasteiger partial charge on any atom is 0.333 e. The molecule has 2 aliphatic rings. The summed E-state index contributed by atoms with van der Waals surface area (Å²) in [5.74, 6) is 1.11. The van der Waals surface area contributed by atoms with Gasteiger partial charge in [0.1, 0.15) is 17.2 Å². The number of hydrogen-bond acceptors (Lipinski definition) is 6. The van der Waals surface area contributed by atoms with E-state index in [2.05, 4.69) is 0 Å². The van der Waals surface area contributed by atoms with Crippen molar-refractivity contribution in [2.24, 2.45) is 0 Å². The van der Waals surface area contributed by atoms with Crippen LogP contribution in [-0.2, 0) is 4.79 Å². The second-order valence-corrected chi connectivity index (χ2v) is 7.61. The number of carbonyl (C=O) groups excluding carboxylic acids is 2. The van der Waals surface area contributed by atoms with Gasteiger partial charge in [-0.05, 0) is 42.0 Å². The molecule has 0 aromatic heterocycles. The first kappa shape index (κ1) is 19.4. The van der Waals surface area contributed by atoms with E-state index in [4.69, 9.17) is 14.2 Å². The number of amides is 3. The molecule has 29 heavy (non-hydrogen) atoms. The molecule has 2 aromatic carbocycles. The summed E-state index contributed by atoms with van der Waals surface area (Å²) in [6.07, 6.45) is 0. The van der Waals surface area contributed by atoms with Crippen molar-refractivity contribution in [1.29, 1.82) is 0 Å². The van der Waals surface area contributed by atoms with E-state index in [1.165, 1.54) is 57.4 Å². The van der Waals surface area contributed by atoms with Gasteiger partial charge in [0.15, 0.2) is 11.5 Å². The minimum atomic E-state index is -0.582. The Morgan fingerprint density at radius 2 is 1.62 bits per heavy atom. The minimum Gasteiger partial charge on any atom is -0.493 e. The minimum absolute atomic E-state index is 0.316. The molecule has 7 nitrogen and oxygen atoms in total. The number of methoxy groups -OCH3 is 3. The Balaban J connectivity index is 1.71. The molecular formula is C20H19FN2O5S. The number of halogens is 1. The lowest BCUT2D eigenvalue weighted by molar-refractivity contribution is -0.119. The topological polar surface area (TPSA) is 68.3 Å². The van der Waals surface area contributed by atoms with Gasteiger partial charge < -0.3 is 14.2 Å². The van der Waals surface area contributed by atoms with Crippen molar-refractivity contribution in [2.45, 2.75) is 11.4 Å². The average Bonchev–Trinajstić information content (AvgIpc) is 3.28. The molecule has 2 saturated heterocycles. The van der Waals surface area contributed by atoms with E-state index < -0.39 is 23.3 Å². The Bertz CT molecular complexity index is 943. The normalized spacial score (nSPS) is 20.8. The Morgan fingerprint density at radius 1 is 1.00 bits per heavy atom. The van der Waals surface area contributed by atoms with Crippen LogP contribution >= 0.6 is 11.8 Å². The third-order valence-corrected chi connectivity index (χ3v) is 6.30. The van der Waals surface area contributed by atoms with Gasteiger partial charge in [0.2, 0.25) is 5.75 Å². The van der Waals surface area contributed by atoms with Crippen LogP contribution in [0.1, 0.15) is 10.9 Å². The molecule has 4 rings (SSSR count). The van der Waals surface area contributed by atoms with E-state index in [0.29, 0.717) is 28.7 Å². The van der Waals surface area contributed by atoms with Crippen molar-refractivity contribution >= 4 is 29.4 Å². The summed E-state index contributed by atoms with van der Waals surface area (Å²) >= 11 is 1.49. The van der Waals surface area contributed by atoms with E-state index >= 15 is 0 Å². The Hall–Kier alpha value is -2.94. The highest BCUT2D eigenvalue weighted by atomic mass is 32.2. The molecule has 0 radical (unpaired) electrons. The summed E-state index contributed by atoms with van der Waals surface area (Å²) in [5, 5.41) is -0.393. The zero-order valence-electron chi connectivity index (χ0n) is 16.0. The van der Waals surface area contributed by atoms with Crippen LogP contribution in [0.3, 0.4) is 0 Å². The first-order valence-electron chi connectivity index (χ1n) is 8.83. The third-order valence-electron chi connectivity index (χ3n) is 4.98. The highest BCUT2D eigenvalue weighted by Crippen LogP contribution is 2.49. The number of benzene rings is 2. The Morgan fingerprint density at radius 3 is 2.17 bits per heavy atom. The van der Waals surface area contributed by atoms with Crippen molar-refractivity contribution < 1.29 is 28.2 Å². The van der Waals surface area contributed by atoms with Crippen molar-refractivity contribution in [3.8, 4) is 17.2 Å². The number of hydrogen-bond donors (Lipinski definition) is 0. The molecule has 0 unspecified atom stereocenters. The number of carbonyl (C=O) groups is 2. The van der Waals surface area contributed by atoms with Gasteiger partial charge in [-0.25, -0.2) is 14.1 Å². The molecule has 2 atom stereocenters. The van der Waals surface area contributed by atoms with Crippen LogP contribution in [0.2, 0.25) is 0 Å². The lowest BCUT2D eigenvalue weighted by Crippen LogP contribution is -2.33. The van der Waals surface area contributed by atoms with Gasteiger partial charge in [-0.3, -0.25) is 9.69 Å².